The lowest BCUT2D eigenvalue weighted by Gasteiger charge is -2.37. The molecule has 3 N–H and O–H groups in total. The van der Waals surface area contributed by atoms with E-state index >= 15 is 0 Å². The number of guanidine groups is 1. The number of carbonyl (C=O) groups excluding carboxylic acids is 1. The van der Waals surface area contributed by atoms with Crippen LogP contribution in [0, 0.1) is 0 Å². The standard InChI is InChI=1S/C17H23N5O2S/c1-2-19-17(20-12-13-5-6-14(24-13)16(18)23)22-9-7-21(8-10-22)15-4-3-11-25-15/h3-6,11H,2,7-10,12H2,1H3,(H2,18,23)(H,19,20). The van der Waals surface area contributed by atoms with Crippen molar-refractivity contribution in [2.24, 2.45) is 10.7 Å². The summed E-state index contributed by atoms with van der Waals surface area (Å²) in [5.74, 6) is 1.10. The van der Waals surface area contributed by atoms with Crippen LogP contribution in [0.3, 0.4) is 0 Å². The van der Waals surface area contributed by atoms with Crippen LogP contribution in [0.4, 0.5) is 5.00 Å². The van der Waals surface area contributed by atoms with Crippen molar-refractivity contribution in [3.05, 3.63) is 41.2 Å². The molecular formula is C17H23N5O2S. The molecule has 1 aliphatic rings. The Morgan fingerprint density at radius 3 is 2.72 bits per heavy atom. The first-order valence-corrected chi connectivity index (χ1v) is 9.25. The number of primary amides is 1. The Labute approximate surface area is 151 Å². The fraction of sp³-hybridized carbons (Fsp3) is 0.412. The smallest absolute Gasteiger partial charge is 0.284 e. The first-order chi connectivity index (χ1) is 12.2. The summed E-state index contributed by atoms with van der Waals surface area (Å²) in [5.41, 5.74) is 5.21. The zero-order valence-corrected chi connectivity index (χ0v) is 15.1. The van der Waals surface area contributed by atoms with E-state index < -0.39 is 5.91 Å². The number of thiophene rings is 1. The van der Waals surface area contributed by atoms with Gasteiger partial charge in [0.25, 0.3) is 5.91 Å². The van der Waals surface area contributed by atoms with Crippen molar-refractivity contribution in [3.63, 3.8) is 0 Å². The van der Waals surface area contributed by atoms with E-state index in [0.29, 0.717) is 12.3 Å². The van der Waals surface area contributed by atoms with Crippen LogP contribution in [0.15, 0.2) is 39.1 Å². The molecule has 0 aromatic carbocycles. The molecule has 8 heteroatoms. The van der Waals surface area contributed by atoms with Gasteiger partial charge in [-0.05, 0) is 36.6 Å². The topological polar surface area (TPSA) is 87.1 Å². The lowest BCUT2D eigenvalue weighted by atomic mass is 10.3. The highest BCUT2D eigenvalue weighted by molar-refractivity contribution is 7.14. The third-order valence-corrected chi connectivity index (χ3v) is 4.95. The molecule has 0 aliphatic carbocycles. The van der Waals surface area contributed by atoms with Crippen LogP contribution < -0.4 is 16.0 Å². The first-order valence-electron chi connectivity index (χ1n) is 8.37. The van der Waals surface area contributed by atoms with Crippen molar-refractivity contribution in [2.45, 2.75) is 13.5 Å². The van der Waals surface area contributed by atoms with E-state index in [2.05, 4.69) is 44.5 Å². The van der Waals surface area contributed by atoms with Crippen LogP contribution in [0.1, 0.15) is 23.2 Å². The SMILES string of the molecule is CCNC(=NCc1ccc(C(N)=O)o1)N1CCN(c2cccs2)CC1. The molecule has 0 atom stereocenters. The molecule has 1 amide bonds. The number of anilines is 1. The van der Waals surface area contributed by atoms with Gasteiger partial charge in [-0.2, -0.15) is 0 Å². The van der Waals surface area contributed by atoms with Crippen molar-refractivity contribution in [3.8, 4) is 0 Å². The van der Waals surface area contributed by atoms with Crippen LogP contribution in [0.5, 0.6) is 0 Å². The predicted molar refractivity (Wildman–Crippen MR) is 100 cm³/mol. The molecule has 25 heavy (non-hydrogen) atoms. The molecule has 7 nitrogen and oxygen atoms in total. The summed E-state index contributed by atoms with van der Waals surface area (Å²) < 4.78 is 5.39. The molecule has 0 saturated carbocycles. The quantitative estimate of drug-likeness (QED) is 0.626. The van der Waals surface area contributed by atoms with Gasteiger partial charge in [-0.3, -0.25) is 4.79 Å². The molecule has 0 radical (unpaired) electrons. The van der Waals surface area contributed by atoms with E-state index in [1.807, 2.05) is 0 Å². The fourth-order valence-electron chi connectivity index (χ4n) is 2.76. The van der Waals surface area contributed by atoms with Gasteiger partial charge in [-0.25, -0.2) is 4.99 Å². The average Bonchev–Trinajstić information content (AvgIpc) is 3.30. The lowest BCUT2D eigenvalue weighted by Crippen LogP contribution is -2.52. The lowest BCUT2D eigenvalue weighted by molar-refractivity contribution is 0.0972. The molecular weight excluding hydrogens is 338 g/mol. The Bertz CT molecular complexity index is 717. The summed E-state index contributed by atoms with van der Waals surface area (Å²) in [6.07, 6.45) is 0. The van der Waals surface area contributed by atoms with E-state index in [0.717, 1.165) is 38.7 Å². The number of rotatable bonds is 5. The number of hydrogen-bond donors (Lipinski definition) is 2. The zero-order valence-electron chi connectivity index (χ0n) is 14.3. The normalized spacial score (nSPS) is 15.5. The van der Waals surface area contributed by atoms with Crippen LogP contribution in [0.25, 0.3) is 0 Å². The number of nitrogens with two attached hydrogens (primary N) is 1. The Morgan fingerprint density at radius 1 is 1.32 bits per heavy atom. The number of carbonyl (C=O) groups is 1. The van der Waals surface area contributed by atoms with E-state index in [4.69, 9.17) is 10.2 Å². The third-order valence-electron chi connectivity index (χ3n) is 4.02. The highest BCUT2D eigenvalue weighted by Crippen LogP contribution is 2.22. The Kier molecular flexibility index (Phi) is 5.60. The second-order valence-electron chi connectivity index (χ2n) is 5.73. The van der Waals surface area contributed by atoms with E-state index in [1.54, 1.807) is 23.5 Å². The molecule has 3 heterocycles. The van der Waals surface area contributed by atoms with Crippen LogP contribution >= 0.6 is 11.3 Å². The second-order valence-corrected chi connectivity index (χ2v) is 6.65. The number of furan rings is 1. The molecule has 0 spiro atoms. The van der Waals surface area contributed by atoms with E-state index in [9.17, 15) is 4.79 Å². The second kappa shape index (κ2) is 8.06. The van der Waals surface area contributed by atoms with Gasteiger partial charge in [0.1, 0.15) is 12.3 Å². The van der Waals surface area contributed by atoms with E-state index in [-0.39, 0.29) is 5.76 Å². The minimum absolute atomic E-state index is 0.166. The molecule has 0 unspecified atom stereocenters. The molecule has 2 aromatic rings. The highest BCUT2D eigenvalue weighted by atomic mass is 32.1. The summed E-state index contributed by atoms with van der Waals surface area (Å²) in [6.45, 7) is 6.99. The van der Waals surface area contributed by atoms with Crippen molar-refractivity contribution in [1.29, 1.82) is 0 Å². The van der Waals surface area contributed by atoms with Gasteiger partial charge >= 0.3 is 0 Å². The van der Waals surface area contributed by atoms with Crippen molar-refractivity contribution < 1.29 is 9.21 Å². The van der Waals surface area contributed by atoms with Gasteiger partial charge in [0.15, 0.2) is 11.7 Å². The zero-order chi connectivity index (χ0) is 17.6. The number of aliphatic imine (C=N–C) groups is 1. The van der Waals surface area contributed by atoms with Crippen molar-refractivity contribution >= 4 is 28.2 Å². The van der Waals surface area contributed by atoms with Crippen molar-refractivity contribution in [2.75, 3.05) is 37.6 Å². The van der Waals surface area contributed by atoms with Gasteiger partial charge in [0, 0.05) is 32.7 Å². The van der Waals surface area contributed by atoms with Crippen LogP contribution in [-0.2, 0) is 6.54 Å². The summed E-state index contributed by atoms with van der Waals surface area (Å²) in [7, 11) is 0. The molecule has 3 rings (SSSR count). The summed E-state index contributed by atoms with van der Waals surface area (Å²) in [4.78, 5) is 20.4. The molecule has 1 fully saturated rings. The highest BCUT2D eigenvalue weighted by Gasteiger charge is 2.20. The maximum absolute atomic E-state index is 11.1. The number of nitrogens with zero attached hydrogens (tertiary/aromatic N) is 3. The van der Waals surface area contributed by atoms with Crippen LogP contribution in [0.2, 0.25) is 0 Å². The van der Waals surface area contributed by atoms with Crippen LogP contribution in [-0.4, -0.2) is 49.5 Å². The van der Waals surface area contributed by atoms with Gasteiger partial charge in [0.2, 0.25) is 0 Å². The first kappa shape index (κ1) is 17.3. The van der Waals surface area contributed by atoms with E-state index in [1.165, 1.54) is 5.00 Å². The minimum Gasteiger partial charge on any atom is -0.454 e. The summed E-state index contributed by atoms with van der Waals surface area (Å²) in [5, 5.41) is 6.75. The molecule has 134 valence electrons. The Hall–Kier alpha value is -2.48. The minimum atomic E-state index is -0.563. The number of amides is 1. The number of piperazine rings is 1. The third kappa shape index (κ3) is 4.33. The molecule has 2 aromatic heterocycles. The van der Waals surface area contributed by atoms with Gasteiger partial charge < -0.3 is 25.3 Å². The maximum Gasteiger partial charge on any atom is 0.284 e. The summed E-state index contributed by atoms with van der Waals surface area (Å²) >= 11 is 1.77. The molecule has 0 bridgehead atoms. The largest absolute Gasteiger partial charge is 0.454 e. The average molecular weight is 361 g/mol. The fourth-order valence-corrected chi connectivity index (χ4v) is 3.55. The molecule has 1 saturated heterocycles. The number of hydrogen-bond acceptors (Lipinski definition) is 5. The Morgan fingerprint density at radius 2 is 2.12 bits per heavy atom. The molecule has 1 aliphatic heterocycles. The monoisotopic (exact) mass is 361 g/mol. The van der Waals surface area contributed by atoms with Gasteiger partial charge in [-0.15, -0.1) is 11.3 Å². The van der Waals surface area contributed by atoms with Gasteiger partial charge in [-0.1, -0.05) is 0 Å². The van der Waals surface area contributed by atoms with Crippen molar-refractivity contribution in [1.82, 2.24) is 10.2 Å². The predicted octanol–water partition coefficient (Wildman–Crippen LogP) is 1.73. The Balaban J connectivity index is 1.61. The maximum atomic E-state index is 11.1. The summed E-state index contributed by atoms with van der Waals surface area (Å²) in [6, 6.07) is 7.57. The number of nitrogens with one attached hydrogen (secondary N) is 1. The van der Waals surface area contributed by atoms with Gasteiger partial charge in [0.05, 0.1) is 5.00 Å².